The van der Waals surface area contributed by atoms with E-state index < -0.39 is 4.92 Å². The van der Waals surface area contributed by atoms with Crippen LogP contribution in [0, 0.1) is 10.1 Å². The number of nitro groups is 1. The van der Waals surface area contributed by atoms with Crippen LogP contribution in [0.1, 0.15) is 26.2 Å². The summed E-state index contributed by atoms with van der Waals surface area (Å²) in [6.07, 6.45) is 3.07. The third kappa shape index (κ3) is 5.88. The molecule has 20 heavy (non-hydrogen) atoms. The molecule has 0 saturated heterocycles. The summed E-state index contributed by atoms with van der Waals surface area (Å²) in [4.78, 5) is 10.4. The maximum Gasteiger partial charge on any atom is 0.275 e. The standard InChI is InChI=1S/C14H22N2O4/c1-3-4-7-20-8-5-6-15-12-9-13(16(17)18)11-14(10-12)19-2/h9-11,15H,3-8H2,1-2H3. The van der Waals surface area contributed by atoms with Crippen LogP contribution in [0.15, 0.2) is 18.2 Å². The Morgan fingerprint density at radius 2 is 2.00 bits per heavy atom. The number of unbranched alkanes of at least 4 members (excludes halogenated alkanes) is 1. The van der Waals surface area contributed by atoms with E-state index in [0.29, 0.717) is 24.6 Å². The minimum Gasteiger partial charge on any atom is -0.496 e. The smallest absolute Gasteiger partial charge is 0.275 e. The third-order valence-electron chi connectivity index (χ3n) is 2.77. The van der Waals surface area contributed by atoms with E-state index in [2.05, 4.69) is 12.2 Å². The number of hydrogen-bond acceptors (Lipinski definition) is 5. The summed E-state index contributed by atoms with van der Waals surface area (Å²) < 4.78 is 10.5. The summed E-state index contributed by atoms with van der Waals surface area (Å²) in [5, 5.41) is 13.9. The second kappa shape index (κ2) is 9.14. The van der Waals surface area contributed by atoms with Crippen molar-refractivity contribution in [1.82, 2.24) is 0 Å². The number of non-ortho nitro benzene ring substituents is 1. The Hall–Kier alpha value is -1.82. The van der Waals surface area contributed by atoms with Gasteiger partial charge in [0.1, 0.15) is 5.75 Å². The lowest BCUT2D eigenvalue weighted by molar-refractivity contribution is -0.384. The van der Waals surface area contributed by atoms with E-state index in [0.717, 1.165) is 25.9 Å². The first-order valence-electron chi connectivity index (χ1n) is 6.82. The molecule has 0 amide bonds. The van der Waals surface area contributed by atoms with Crippen LogP contribution in [0.4, 0.5) is 11.4 Å². The molecular weight excluding hydrogens is 260 g/mol. The van der Waals surface area contributed by atoms with Crippen molar-refractivity contribution in [3.05, 3.63) is 28.3 Å². The minimum atomic E-state index is -0.429. The van der Waals surface area contributed by atoms with E-state index in [4.69, 9.17) is 9.47 Å². The number of methoxy groups -OCH3 is 1. The van der Waals surface area contributed by atoms with E-state index in [9.17, 15) is 10.1 Å². The number of benzene rings is 1. The Balaban J connectivity index is 2.39. The zero-order valence-electron chi connectivity index (χ0n) is 12.1. The van der Waals surface area contributed by atoms with Crippen LogP contribution in [0.2, 0.25) is 0 Å². The Morgan fingerprint density at radius 1 is 1.25 bits per heavy atom. The molecule has 0 fully saturated rings. The first-order valence-corrected chi connectivity index (χ1v) is 6.82. The Kier molecular flexibility index (Phi) is 7.42. The first-order chi connectivity index (χ1) is 9.67. The molecule has 0 radical (unpaired) electrons. The average molecular weight is 282 g/mol. The largest absolute Gasteiger partial charge is 0.496 e. The average Bonchev–Trinajstić information content (AvgIpc) is 2.46. The normalized spacial score (nSPS) is 10.3. The van der Waals surface area contributed by atoms with Crippen molar-refractivity contribution in [1.29, 1.82) is 0 Å². The van der Waals surface area contributed by atoms with Crippen LogP contribution < -0.4 is 10.1 Å². The number of hydrogen-bond donors (Lipinski definition) is 1. The summed E-state index contributed by atoms with van der Waals surface area (Å²) in [6.45, 7) is 4.32. The van der Waals surface area contributed by atoms with E-state index in [-0.39, 0.29) is 5.69 Å². The molecule has 0 saturated carbocycles. The molecule has 0 aliphatic carbocycles. The SMILES string of the molecule is CCCCOCCCNc1cc(OC)cc([N+](=O)[O-])c1. The molecule has 0 aromatic heterocycles. The molecular formula is C14H22N2O4. The third-order valence-corrected chi connectivity index (χ3v) is 2.77. The van der Waals surface area contributed by atoms with Crippen LogP contribution in [0.3, 0.4) is 0 Å². The van der Waals surface area contributed by atoms with Crippen LogP contribution >= 0.6 is 0 Å². The minimum absolute atomic E-state index is 0.0195. The highest BCUT2D eigenvalue weighted by Gasteiger charge is 2.09. The first kappa shape index (κ1) is 16.2. The van der Waals surface area contributed by atoms with Gasteiger partial charge in [0, 0.05) is 37.6 Å². The Morgan fingerprint density at radius 3 is 2.65 bits per heavy atom. The molecule has 0 unspecified atom stereocenters. The number of nitrogens with zero attached hydrogens (tertiary/aromatic N) is 1. The Bertz CT molecular complexity index is 424. The molecule has 0 bridgehead atoms. The van der Waals surface area contributed by atoms with Gasteiger partial charge in [0.25, 0.3) is 5.69 Å². The van der Waals surface area contributed by atoms with Gasteiger partial charge in [-0.25, -0.2) is 0 Å². The summed E-state index contributed by atoms with van der Waals surface area (Å²) >= 11 is 0. The van der Waals surface area contributed by atoms with Crippen LogP contribution in [0.5, 0.6) is 5.75 Å². The lowest BCUT2D eigenvalue weighted by atomic mass is 10.2. The molecule has 1 aromatic carbocycles. The van der Waals surface area contributed by atoms with Gasteiger partial charge >= 0.3 is 0 Å². The van der Waals surface area contributed by atoms with Gasteiger partial charge in [0.15, 0.2) is 0 Å². The Labute approximate surface area is 119 Å². The van der Waals surface area contributed by atoms with E-state index in [1.807, 2.05) is 0 Å². The molecule has 1 aromatic rings. The fourth-order valence-electron chi connectivity index (χ4n) is 1.66. The number of nitrogens with one attached hydrogen (secondary N) is 1. The summed E-state index contributed by atoms with van der Waals surface area (Å²) in [7, 11) is 1.49. The predicted molar refractivity (Wildman–Crippen MR) is 78.5 cm³/mol. The highest BCUT2D eigenvalue weighted by atomic mass is 16.6. The second-order valence-corrected chi connectivity index (χ2v) is 4.42. The maximum absolute atomic E-state index is 10.8. The number of anilines is 1. The lowest BCUT2D eigenvalue weighted by Gasteiger charge is -2.08. The molecule has 6 nitrogen and oxygen atoms in total. The van der Waals surface area contributed by atoms with E-state index in [1.165, 1.54) is 19.2 Å². The maximum atomic E-state index is 10.8. The molecule has 0 heterocycles. The van der Waals surface area contributed by atoms with E-state index in [1.54, 1.807) is 6.07 Å². The zero-order valence-corrected chi connectivity index (χ0v) is 12.1. The van der Waals surface area contributed by atoms with Crippen molar-refractivity contribution in [3.63, 3.8) is 0 Å². The van der Waals surface area contributed by atoms with Crippen molar-refractivity contribution in [2.45, 2.75) is 26.2 Å². The van der Waals surface area contributed by atoms with Crippen molar-refractivity contribution >= 4 is 11.4 Å². The molecule has 0 spiro atoms. The zero-order chi connectivity index (χ0) is 14.8. The van der Waals surface area contributed by atoms with Crippen molar-refractivity contribution in [2.75, 3.05) is 32.2 Å². The molecule has 1 rings (SSSR count). The fraction of sp³-hybridized carbons (Fsp3) is 0.571. The van der Waals surface area contributed by atoms with Crippen LogP contribution in [-0.2, 0) is 4.74 Å². The molecule has 6 heteroatoms. The van der Waals surface area contributed by atoms with Crippen molar-refractivity contribution < 1.29 is 14.4 Å². The van der Waals surface area contributed by atoms with Crippen LogP contribution in [0.25, 0.3) is 0 Å². The van der Waals surface area contributed by atoms with Gasteiger partial charge in [-0.15, -0.1) is 0 Å². The monoisotopic (exact) mass is 282 g/mol. The fourth-order valence-corrected chi connectivity index (χ4v) is 1.66. The number of nitro benzene ring substituents is 1. The van der Waals surface area contributed by atoms with Gasteiger partial charge in [-0.1, -0.05) is 13.3 Å². The summed E-state index contributed by atoms with van der Waals surface area (Å²) in [5.74, 6) is 0.473. The van der Waals surface area contributed by atoms with Gasteiger partial charge in [0.2, 0.25) is 0 Å². The molecule has 1 N–H and O–H groups in total. The summed E-state index contributed by atoms with van der Waals surface area (Å²) in [5.41, 5.74) is 0.704. The number of ether oxygens (including phenoxy) is 2. The lowest BCUT2D eigenvalue weighted by Crippen LogP contribution is -2.06. The highest BCUT2D eigenvalue weighted by molar-refractivity contribution is 5.56. The highest BCUT2D eigenvalue weighted by Crippen LogP contribution is 2.25. The topological polar surface area (TPSA) is 73.6 Å². The summed E-state index contributed by atoms with van der Waals surface area (Å²) in [6, 6.07) is 4.64. The van der Waals surface area contributed by atoms with Crippen molar-refractivity contribution in [3.8, 4) is 5.75 Å². The van der Waals surface area contributed by atoms with Gasteiger partial charge in [-0.3, -0.25) is 10.1 Å². The van der Waals surface area contributed by atoms with Gasteiger partial charge in [0.05, 0.1) is 18.1 Å². The second-order valence-electron chi connectivity index (χ2n) is 4.42. The van der Waals surface area contributed by atoms with Crippen molar-refractivity contribution in [2.24, 2.45) is 0 Å². The van der Waals surface area contributed by atoms with E-state index >= 15 is 0 Å². The molecule has 0 aliphatic heterocycles. The van der Waals surface area contributed by atoms with Gasteiger partial charge < -0.3 is 14.8 Å². The molecule has 112 valence electrons. The predicted octanol–water partition coefficient (Wildman–Crippen LogP) is 3.22. The van der Waals surface area contributed by atoms with Crippen LogP contribution in [-0.4, -0.2) is 31.8 Å². The molecule has 0 atom stereocenters. The number of rotatable bonds is 10. The molecule has 0 aliphatic rings. The van der Waals surface area contributed by atoms with Gasteiger partial charge in [-0.2, -0.15) is 0 Å². The van der Waals surface area contributed by atoms with Gasteiger partial charge in [-0.05, 0) is 12.8 Å². The quantitative estimate of drug-likeness (QED) is 0.405.